The van der Waals surface area contributed by atoms with Gasteiger partial charge in [-0.05, 0) is 23.8 Å². The lowest BCUT2D eigenvalue weighted by atomic mass is 10.2. The first-order valence-electron chi connectivity index (χ1n) is 6.76. The Kier molecular flexibility index (Phi) is 4.84. The van der Waals surface area contributed by atoms with Crippen molar-refractivity contribution in [1.82, 2.24) is 20.3 Å². The largest absolute Gasteiger partial charge is 0.341 e. The summed E-state index contributed by atoms with van der Waals surface area (Å²) in [5.74, 6) is 0.899. The maximum Gasteiger partial charge on any atom is 0.131 e. The Balaban J connectivity index is 1.55. The molecule has 2 N–H and O–H groups in total. The molecule has 3 aromatic rings. The molecule has 0 saturated carbocycles. The normalized spacial score (nSPS) is 11.2. The van der Waals surface area contributed by atoms with E-state index in [0.717, 1.165) is 35.4 Å². The average Bonchev–Trinajstić information content (AvgIpc) is 2.84. The topological polar surface area (TPSA) is 53.6 Å². The molecule has 0 aliphatic rings. The third-order valence-electron chi connectivity index (χ3n) is 3.17. The van der Waals surface area contributed by atoms with Crippen molar-refractivity contribution in [2.75, 3.05) is 6.54 Å². The molecule has 22 heavy (non-hydrogen) atoms. The number of fused-ring (bicyclic) bond motifs is 1. The summed E-state index contributed by atoms with van der Waals surface area (Å²) in [6.45, 7) is 1.49. The summed E-state index contributed by atoms with van der Waals surface area (Å²) in [5.41, 5.74) is 2.77. The molecule has 4 nitrogen and oxygen atoms in total. The van der Waals surface area contributed by atoms with Crippen LogP contribution in [0.2, 0.25) is 15.2 Å². The van der Waals surface area contributed by atoms with Gasteiger partial charge in [0, 0.05) is 35.6 Å². The quantitative estimate of drug-likeness (QED) is 0.531. The monoisotopic (exact) mass is 354 g/mol. The number of nitrogens with one attached hydrogen (secondary N) is 2. The van der Waals surface area contributed by atoms with Crippen molar-refractivity contribution >= 4 is 45.8 Å². The van der Waals surface area contributed by atoms with E-state index in [9.17, 15) is 0 Å². The summed E-state index contributed by atoms with van der Waals surface area (Å²) in [5, 5.41) is 5.08. The number of aromatic nitrogens is 3. The number of aromatic amines is 1. The van der Waals surface area contributed by atoms with Gasteiger partial charge >= 0.3 is 0 Å². The molecule has 0 atom stereocenters. The summed E-state index contributed by atoms with van der Waals surface area (Å²) in [4.78, 5) is 11.7. The fourth-order valence-corrected chi connectivity index (χ4v) is 2.93. The van der Waals surface area contributed by atoms with Crippen LogP contribution in [0.1, 0.15) is 11.4 Å². The van der Waals surface area contributed by atoms with Crippen molar-refractivity contribution in [1.29, 1.82) is 0 Å². The number of H-pyrrole nitrogens is 1. The van der Waals surface area contributed by atoms with Gasteiger partial charge < -0.3 is 10.3 Å². The first kappa shape index (κ1) is 15.6. The molecule has 1 aromatic carbocycles. The molecule has 3 rings (SSSR count). The van der Waals surface area contributed by atoms with E-state index in [1.807, 2.05) is 12.1 Å². The highest BCUT2D eigenvalue weighted by Gasteiger charge is 2.04. The molecule has 0 unspecified atom stereocenters. The van der Waals surface area contributed by atoms with Crippen LogP contribution in [0.15, 0.2) is 30.5 Å². The molecule has 0 aliphatic carbocycles. The van der Waals surface area contributed by atoms with Crippen molar-refractivity contribution in [2.24, 2.45) is 0 Å². The van der Waals surface area contributed by atoms with Crippen LogP contribution in [-0.4, -0.2) is 21.5 Å². The third-order valence-corrected chi connectivity index (χ3v) is 3.82. The van der Waals surface area contributed by atoms with Crippen molar-refractivity contribution < 1.29 is 0 Å². The Labute approximate surface area is 142 Å². The molecule has 2 heterocycles. The van der Waals surface area contributed by atoms with Crippen molar-refractivity contribution in [3.63, 3.8) is 0 Å². The second-order valence-corrected chi connectivity index (χ2v) is 6.17. The van der Waals surface area contributed by atoms with Gasteiger partial charge in [-0.2, -0.15) is 0 Å². The van der Waals surface area contributed by atoms with Crippen molar-refractivity contribution in [3.8, 4) is 0 Å². The number of pyridine rings is 1. The molecular formula is C15H13Cl3N4. The summed E-state index contributed by atoms with van der Waals surface area (Å²) >= 11 is 17.8. The van der Waals surface area contributed by atoms with E-state index in [1.165, 1.54) is 0 Å². The number of hydrogen-bond donors (Lipinski definition) is 2. The van der Waals surface area contributed by atoms with Crippen molar-refractivity contribution in [3.05, 3.63) is 57.0 Å². The number of imidazole rings is 1. The fraction of sp³-hybridized carbons (Fsp3) is 0.200. The minimum absolute atomic E-state index is 0.446. The smallest absolute Gasteiger partial charge is 0.131 e. The lowest BCUT2D eigenvalue weighted by Crippen LogP contribution is -2.17. The van der Waals surface area contributed by atoms with Crippen LogP contribution in [0.5, 0.6) is 0 Å². The standard InChI is InChI=1S/C15H13Cl3N4/c16-10-3-9(4-11(17)5-10)7-19-2-1-15-21-12-6-14(18)20-8-13(12)22-15/h3-6,8,19H,1-2,7H2,(H,21,22). The van der Waals surface area contributed by atoms with Gasteiger partial charge in [0.2, 0.25) is 0 Å². The van der Waals surface area contributed by atoms with E-state index in [2.05, 4.69) is 20.3 Å². The number of nitrogens with zero attached hydrogens (tertiary/aromatic N) is 2. The Morgan fingerprint density at radius 1 is 1.05 bits per heavy atom. The second-order valence-electron chi connectivity index (χ2n) is 4.91. The first-order chi connectivity index (χ1) is 10.6. The minimum Gasteiger partial charge on any atom is -0.341 e. The average molecular weight is 356 g/mol. The molecule has 0 aliphatic heterocycles. The van der Waals surface area contributed by atoms with Crippen LogP contribution >= 0.6 is 34.8 Å². The van der Waals surface area contributed by atoms with Gasteiger partial charge in [0.15, 0.2) is 0 Å². The van der Waals surface area contributed by atoms with E-state index in [4.69, 9.17) is 34.8 Å². The van der Waals surface area contributed by atoms with E-state index in [-0.39, 0.29) is 0 Å². The van der Waals surface area contributed by atoms with Gasteiger partial charge in [-0.3, -0.25) is 0 Å². The van der Waals surface area contributed by atoms with Crippen LogP contribution < -0.4 is 5.32 Å². The van der Waals surface area contributed by atoms with Crippen molar-refractivity contribution in [2.45, 2.75) is 13.0 Å². The molecule has 2 aromatic heterocycles. The van der Waals surface area contributed by atoms with Gasteiger partial charge in [-0.25, -0.2) is 9.97 Å². The first-order valence-corrected chi connectivity index (χ1v) is 7.89. The summed E-state index contributed by atoms with van der Waals surface area (Å²) in [6, 6.07) is 7.27. The van der Waals surface area contributed by atoms with Crippen LogP contribution in [0, 0.1) is 0 Å². The third kappa shape index (κ3) is 3.90. The predicted octanol–water partition coefficient (Wildman–Crippen LogP) is 4.25. The number of halogens is 3. The lowest BCUT2D eigenvalue weighted by molar-refractivity contribution is 0.675. The van der Waals surface area contributed by atoms with E-state index in [0.29, 0.717) is 21.7 Å². The zero-order chi connectivity index (χ0) is 15.5. The Morgan fingerprint density at radius 2 is 1.82 bits per heavy atom. The van der Waals surface area contributed by atoms with Gasteiger partial charge in [-0.1, -0.05) is 34.8 Å². The number of hydrogen-bond acceptors (Lipinski definition) is 3. The molecule has 0 amide bonds. The van der Waals surface area contributed by atoms with Gasteiger partial charge in [0.1, 0.15) is 11.0 Å². The highest BCUT2D eigenvalue weighted by molar-refractivity contribution is 6.34. The molecular weight excluding hydrogens is 343 g/mol. The van der Waals surface area contributed by atoms with E-state index >= 15 is 0 Å². The second kappa shape index (κ2) is 6.84. The summed E-state index contributed by atoms with van der Waals surface area (Å²) in [6.07, 6.45) is 2.47. The highest BCUT2D eigenvalue weighted by Crippen LogP contribution is 2.19. The molecule has 0 radical (unpaired) electrons. The Bertz CT molecular complexity index is 780. The van der Waals surface area contributed by atoms with Gasteiger partial charge in [-0.15, -0.1) is 0 Å². The van der Waals surface area contributed by atoms with Crippen LogP contribution in [0.3, 0.4) is 0 Å². The molecule has 0 saturated heterocycles. The highest BCUT2D eigenvalue weighted by atomic mass is 35.5. The Hall–Kier alpha value is -1.33. The lowest BCUT2D eigenvalue weighted by Gasteiger charge is -2.05. The molecule has 0 spiro atoms. The summed E-state index contributed by atoms with van der Waals surface area (Å²) in [7, 11) is 0. The zero-order valence-electron chi connectivity index (χ0n) is 11.5. The maximum absolute atomic E-state index is 5.97. The molecule has 0 bridgehead atoms. The minimum atomic E-state index is 0.446. The summed E-state index contributed by atoms with van der Waals surface area (Å²) < 4.78 is 0. The molecule has 0 fully saturated rings. The maximum atomic E-state index is 5.97. The van der Waals surface area contributed by atoms with E-state index in [1.54, 1.807) is 18.3 Å². The Morgan fingerprint density at radius 3 is 2.59 bits per heavy atom. The predicted molar refractivity (Wildman–Crippen MR) is 90.8 cm³/mol. The fourth-order valence-electron chi connectivity index (χ4n) is 2.21. The van der Waals surface area contributed by atoms with E-state index < -0.39 is 0 Å². The zero-order valence-corrected chi connectivity index (χ0v) is 13.8. The SMILES string of the molecule is Clc1cc(Cl)cc(CNCCc2nc3cc(Cl)ncc3[nH]2)c1. The number of benzene rings is 1. The van der Waals surface area contributed by atoms with Crippen LogP contribution in [0.4, 0.5) is 0 Å². The number of rotatable bonds is 5. The van der Waals surface area contributed by atoms with Crippen LogP contribution in [0.25, 0.3) is 11.0 Å². The molecule has 7 heteroatoms. The van der Waals surface area contributed by atoms with Gasteiger partial charge in [0.25, 0.3) is 0 Å². The van der Waals surface area contributed by atoms with Gasteiger partial charge in [0.05, 0.1) is 17.2 Å². The molecule has 114 valence electrons. The van der Waals surface area contributed by atoms with Crippen LogP contribution in [-0.2, 0) is 13.0 Å².